The lowest BCUT2D eigenvalue weighted by Gasteiger charge is -2.30. The number of piperidine rings is 1. The van der Waals surface area contributed by atoms with E-state index in [0.717, 1.165) is 31.1 Å². The fraction of sp³-hybridized carbons (Fsp3) is 0.381. The van der Waals surface area contributed by atoms with Gasteiger partial charge >= 0.3 is 0 Å². The van der Waals surface area contributed by atoms with Gasteiger partial charge in [-0.1, -0.05) is 48.3 Å². The minimum absolute atomic E-state index is 0.103. The first kappa shape index (κ1) is 19.2. The van der Waals surface area contributed by atoms with Crippen LogP contribution >= 0.6 is 23.2 Å². The zero-order valence-electron chi connectivity index (χ0n) is 15.0. The van der Waals surface area contributed by atoms with Gasteiger partial charge in [-0.3, -0.25) is 9.69 Å². The zero-order chi connectivity index (χ0) is 18.5. The predicted molar refractivity (Wildman–Crippen MR) is 108 cm³/mol. The molecule has 26 heavy (non-hydrogen) atoms. The van der Waals surface area contributed by atoms with E-state index in [4.69, 9.17) is 23.2 Å². The van der Waals surface area contributed by atoms with Crippen LogP contribution in [0, 0.1) is 5.92 Å². The predicted octanol–water partition coefficient (Wildman–Crippen LogP) is 5.16. The summed E-state index contributed by atoms with van der Waals surface area (Å²) < 4.78 is 0. The van der Waals surface area contributed by atoms with Crippen molar-refractivity contribution >= 4 is 29.1 Å². The molecule has 3 rings (SSSR count). The largest absolute Gasteiger partial charge is 0.348 e. The maximum absolute atomic E-state index is 12.3. The molecule has 5 heteroatoms. The van der Waals surface area contributed by atoms with Crippen molar-refractivity contribution < 1.29 is 4.79 Å². The highest BCUT2D eigenvalue weighted by atomic mass is 35.5. The van der Waals surface area contributed by atoms with Crippen LogP contribution in [0.3, 0.4) is 0 Å². The third kappa shape index (κ3) is 5.23. The van der Waals surface area contributed by atoms with Gasteiger partial charge in [0.15, 0.2) is 0 Å². The molecular weight excluding hydrogens is 367 g/mol. The second kappa shape index (κ2) is 8.90. The second-order valence-corrected chi connectivity index (χ2v) is 7.94. The third-order valence-corrected chi connectivity index (χ3v) is 5.40. The van der Waals surface area contributed by atoms with Crippen molar-refractivity contribution in [2.75, 3.05) is 13.1 Å². The molecule has 1 heterocycles. The van der Waals surface area contributed by atoms with Crippen LogP contribution in [0.1, 0.15) is 41.3 Å². The van der Waals surface area contributed by atoms with Gasteiger partial charge in [0.1, 0.15) is 0 Å². The lowest BCUT2D eigenvalue weighted by molar-refractivity contribution is 0.0951. The fourth-order valence-electron chi connectivity index (χ4n) is 3.39. The number of amides is 1. The molecule has 2 aromatic rings. The van der Waals surface area contributed by atoms with Crippen molar-refractivity contribution in [2.45, 2.75) is 32.9 Å². The number of halogens is 2. The van der Waals surface area contributed by atoms with Crippen molar-refractivity contribution in [3.05, 3.63) is 69.2 Å². The first-order chi connectivity index (χ1) is 12.5. The maximum atomic E-state index is 12.3. The first-order valence-electron chi connectivity index (χ1n) is 9.04. The summed E-state index contributed by atoms with van der Waals surface area (Å²) in [6, 6.07) is 13.1. The number of nitrogens with zero attached hydrogens (tertiary/aromatic N) is 1. The average Bonchev–Trinajstić information content (AvgIpc) is 2.61. The fourth-order valence-corrected chi connectivity index (χ4v) is 3.87. The third-order valence-electron chi connectivity index (χ3n) is 4.82. The van der Waals surface area contributed by atoms with Gasteiger partial charge in [0.25, 0.3) is 5.91 Å². The van der Waals surface area contributed by atoms with Crippen molar-refractivity contribution in [2.24, 2.45) is 5.92 Å². The van der Waals surface area contributed by atoms with Gasteiger partial charge in [-0.15, -0.1) is 0 Å². The van der Waals surface area contributed by atoms with Crippen LogP contribution in [0.2, 0.25) is 10.0 Å². The van der Waals surface area contributed by atoms with E-state index in [1.165, 1.54) is 18.4 Å². The molecule has 1 aliphatic heterocycles. The standard InChI is InChI=1S/C21H24Cl2N2O/c1-15-3-2-10-25(13-15)14-16-4-6-17(7-5-16)21(26)24-12-18-8-9-19(22)11-20(18)23/h4-9,11,15H,2-3,10,12-14H2,1H3,(H,24,26). The lowest BCUT2D eigenvalue weighted by Crippen LogP contribution is -2.33. The van der Waals surface area contributed by atoms with Gasteiger partial charge in [0.2, 0.25) is 0 Å². The average molecular weight is 391 g/mol. The summed E-state index contributed by atoms with van der Waals surface area (Å²) >= 11 is 12.0. The van der Waals surface area contributed by atoms with Crippen LogP contribution in [-0.4, -0.2) is 23.9 Å². The van der Waals surface area contributed by atoms with Gasteiger partial charge in [0.05, 0.1) is 0 Å². The Labute approximate surface area is 165 Å². The zero-order valence-corrected chi connectivity index (χ0v) is 16.5. The minimum Gasteiger partial charge on any atom is -0.348 e. The van der Waals surface area contributed by atoms with Crippen LogP contribution in [0.15, 0.2) is 42.5 Å². The van der Waals surface area contributed by atoms with E-state index in [0.29, 0.717) is 22.2 Å². The van der Waals surface area contributed by atoms with Crippen molar-refractivity contribution in [1.29, 1.82) is 0 Å². The monoisotopic (exact) mass is 390 g/mol. The Morgan fingerprint density at radius 2 is 1.96 bits per heavy atom. The molecule has 0 radical (unpaired) electrons. The molecule has 1 N–H and O–H groups in total. The molecule has 1 amide bonds. The van der Waals surface area contributed by atoms with Crippen molar-refractivity contribution in [1.82, 2.24) is 10.2 Å². The minimum atomic E-state index is -0.103. The Kier molecular flexibility index (Phi) is 6.58. The molecule has 3 nitrogen and oxygen atoms in total. The van der Waals surface area contributed by atoms with Gasteiger partial charge in [-0.05, 0) is 60.7 Å². The molecule has 1 unspecified atom stereocenters. The molecule has 0 bridgehead atoms. The molecule has 1 aliphatic rings. The Bertz CT molecular complexity index is 761. The Hall–Kier alpha value is -1.55. The van der Waals surface area contributed by atoms with Gasteiger partial charge in [-0.2, -0.15) is 0 Å². The summed E-state index contributed by atoms with van der Waals surface area (Å²) in [5.74, 6) is 0.669. The summed E-state index contributed by atoms with van der Waals surface area (Å²) in [6.07, 6.45) is 2.60. The summed E-state index contributed by atoms with van der Waals surface area (Å²) in [6.45, 7) is 5.96. The van der Waals surface area contributed by atoms with E-state index < -0.39 is 0 Å². The highest BCUT2D eigenvalue weighted by Crippen LogP contribution is 2.21. The van der Waals surface area contributed by atoms with Crippen LogP contribution < -0.4 is 5.32 Å². The second-order valence-electron chi connectivity index (χ2n) is 7.10. The Morgan fingerprint density at radius 3 is 2.65 bits per heavy atom. The number of benzene rings is 2. The SMILES string of the molecule is CC1CCCN(Cc2ccc(C(=O)NCc3ccc(Cl)cc3Cl)cc2)C1. The summed E-state index contributed by atoms with van der Waals surface area (Å²) in [4.78, 5) is 14.8. The lowest BCUT2D eigenvalue weighted by atomic mass is 9.99. The topological polar surface area (TPSA) is 32.3 Å². The van der Waals surface area contributed by atoms with Gasteiger partial charge < -0.3 is 5.32 Å². The number of hydrogen-bond donors (Lipinski definition) is 1. The van der Waals surface area contributed by atoms with Gasteiger partial charge in [-0.25, -0.2) is 0 Å². The van der Waals surface area contributed by atoms with Gasteiger partial charge in [0, 0.05) is 35.2 Å². The smallest absolute Gasteiger partial charge is 0.251 e. The molecule has 1 atom stereocenters. The number of hydrogen-bond acceptors (Lipinski definition) is 2. The highest BCUT2D eigenvalue weighted by Gasteiger charge is 2.16. The van der Waals surface area contributed by atoms with Crippen LogP contribution in [0.5, 0.6) is 0 Å². The Balaban J connectivity index is 1.55. The van der Waals surface area contributed by atoms with Crippen LogP contribution in [0.25, 0.3) is 0 Å². The molecule has 1 fully saturated rings. The summed E-state index contributed by atoms with van der Waals surface area (Å²) in [5, 5.41) is 4.05. The van der Waals surface area contributed by atoms with E-state index in [-0.39, 0.29) is 5.91 Å². The van der Waals surface area contributed by atoms with Crippen molar-refractivity contribution in [3.8, 4) is 0 Å². The van der Waals surface area contributed by atoms with Crippen molar-refractivity contribution in [3.63, 3.8) is 0 Å². The number of rotatable bonds is 5. The van der Waals surface area contributed by atoms with Crippen LogP contribution in [0.4, 0.5) is 0 Å². The summed E-state index contributed by atoms with van der Waals surface area (Å²) in [7, 11) is 0. The van der Waals surface area contributed by atoms with E-state index in [1.807, 2.05) is 30.3 Å². The quantitative estimate of drug-likeness (QED) is 0.764. The molecule has 0 aliphatic carbocycles. The molecule has 2 aromatic carbocycles. The first-order valence-corrected chi connectivity index (χ1v) is 9.80. The molecule has 0 aromatic heterocycles. The van der Waals surface area contributed by atoms with E-state index in [2.05, 4.69) is 17.1 Å². The van der Waals surface area contributed by atoms with Crippen LogP contribution in [-0.2, 0) is 13.1 Å². The number of nitrogens with one attached hydrogen (secondary N) is 1. The highest BCUT2D eigenvalue weighted by molar-refractivity contribution is 6.35. The number of likely N-dealkylation sites (tertiary alicyclic amines) is 1. The molecule has 0 spiro atoms. The molecule has 138 valence electrons. The normalized spacial score (nSPS) is 17.9. The van der Waals surface area contributed by atoms with E-state index >= 15 is 0 Å². The summed E-state index contributed by atoms with van der Waals surface area (Å²) in [5.41, 5.74) is 2.75. The number of carbonyl (C=O) groups is 1. The molecular formula is C21H24Cl2N2O. The molecule has 0 saturated carbocycles. The maximum Gasteiger partial charge on any atom is 0.251 e. The Morgan fingerprint density at radius 1 is 1.19 bits per heavy atom. The molecule has 1 saturated heterocycles. The number of carbonyl (C=O) groups excluding carboxylic acids is 1. The van der Waals surface area contributed by atoms with E-state index in [1.54, 1.807) is 12.1 Å². The van der Waals surface area contributed by atoms with E-state index in [9.17, 15) is 4.79 Å².